The molecule has 0 saturated carbocycles. The van der Waals surface area contributed by atoms with Gasteiger partial charge in [-0.25, -0.2) is 39.5 Å². The van der Waals surface area contributed by atoms with Crippen LogP contribution in [0.2, 0.25) is 0 Å². The third-order valence-electron chi connectivity index (χ3n) is 10.9. The number of rotatable bonds is 12. The van der Waals surface area contributed by atoms with Crippen molar-refractivity contribution >= 4 is 56.1 Å². The van der Waals surface area contributed by atoms with Gasteiger partial charge in [-0.1, -0.05) is 72.8 Å². The second-order valence-electron chi connectivity index (χ2n) is 16.9. The number of esters is 2. The molecule has 15 nitrogen and oxygen atoms in total. The van der Waals surface area contributed by atoms with Crippen molar-refractivity contribution in [3.05, 3.63) is 91.0 Å². The Hall–Kier alpha value is -7.10. The van der Waals surface area contributed by atoms with E-state index in [1.54, 1.807) is 13.8 Å². The summed E-state index contributed by atoms with van der Waals surface area (Å²) in [5.74, 6) is 2.02. The molecule has 2 aliphatic heterocycles. The molecular formula is C47H48N10O5+2. The lowest BCUT2D eigenvalue weighted by atomic mass is 10.1. The first-order chi connectivity index (χ1) is 29.9. The van der Waals surface area contributed by atoms with E-state index in [1.807, 2.05) is 119 Å². The second-order valence-corrected chi connectivity index (χ2v) is 16.9. The molecule has 3 aromatic heterocycles. The number of likely N-dealkylation sites (N-methyl/N-ethyl adjacent to an activating group) is 2. The average molecular weight is 833 g/mol. The monoisotopic (exact) mass is 832 g/mol. The molecule has 8 bridgehead atoms. The number of aromatic nitrogens is 8. The quantitative estimate of drug-likeness (QED) is 0.0970. The van der Waals surface area contributed by atoms with E-state index < -0.39 is 6.10 Å². The van der Waals surface area contributed by atoms with Gasteiger partial charge in [0.1, 0.15) is 41.4 Å². The van der Waals surface area contributed by atoms with Crippen LogP contribution in [0, 0.1) is 0 Å². The lowest BCUT2D eigenvalue weighted by Crippen LogP contribution is -2.56. The van der Waals surface area contributed by atoms with Crippen LogP contribution in [0.3, 0.4) is 0 Å². The molecule has 7 aromatic rings. The Kier molecular flexibility index (Phi) is 10.4. The lowest BCUT2D eigenvalue weighted by Gasteiger charge is -2.36. The zero-order chi connectivity index (χ0) is 43.2. The highest BCUT2D eigenvalue weighted by Gasteiger charge is 2.34. The van der Waals surface area contributed by atoms with Crippen LogP contribution in [-0.4, -0.2) is 134 Å². The topological polar surface area (TPSA) is 171 Å². The summed E-state index contributed by atoms with van der Waals surface area (Å²) in [6, 6.07) is 29.6. The number of ether oxygens (including phenoxy) is 3. The molecule has 0 unspecified atom stereocenters. The Balaban J connectivity index is 1.23. The van der Waals surface area contributed by atoms with Gasteiger partial charge in [0, 0.05) is 43.8 Å². The predicted molar refractivity (Wildman–Crippen MR) is 237 cm³/mol. The Morgan fingerprint density at radius 3 is 1.29 bits per heavy atom. The maximum atomic E-state index is 12.7. The maximum Gasteiger partial charge on any atom is 0.361 e. The Morgan fingerprint density at radius 1 is 0.516 bits per heavy atom. The minimum absolute atomic E-state index is 0.152. The molecule has 0 radical (unpaired) electrons. The largest absolute Gasteiger partial charge is 0.479 e. The minimum Gasteiger partial charge on any atom is -0.479 e. The summed E-state index contributed by atoms with van der Waals surface area (Å²) in [7, 11) is 7.87. The molecule has 2 N–H and O–H groups in total. The van der Waals surface area contributed by atoms with Crippen molar-refractivity contribution in [3.8, 4) is 51.3 Å². The molecule has 314 valence electrons. The highest BCUT2D eigenvalue weighted by atomic mass is 16.5. The smallest absolute Gasteiger partial charge is 0.361 e. The van der Waals surface area contributed by atoms with Gasteiger partial charge in [0.2, 0.25) is 0 Å². The summed E-state index contributed by atoms with van der Waals surface area (Å²) in [4.78, 5) is 62.9. The van der Waals surface area contributed by atoms with Crippen LogP contribution >= 0.6 is 0 Å². The number of aromatic amines is 2. The van der Waals surface area contributed by atoms with E-state index >= 15 is 0 Å². The highest BCUT2D eigenvalue weighted by molar-refractivity contribution is 6.06. The normalized spacial score (nSPS) is 12.4. The molecule has 62 heavy (non-hydrogen) atoms. The van der Waals surface area contributed by atoms with Crippen LogP contribution < -0.4 is 4.74 Å². The Labute approximate surface area is 357 Å². The second kappa shape index (κ2) is 16.1. The first-order valence-corrected chi connectivity index (χ1v) is 20.7. The van der Waals surface area contributed by atoms with Crippen molar-refractivity contribution in [2.75, 3.05) is 67.6 Å². The van der Waals surface area contributed by atoms with E-state index in [2.05, 4.69) is 9.97 Å². The number of H-pyrrole nitrogens is 2. The summed E-state index contributed by atoms with van der Waals surface area (Å²) >= 11 is 0. The fraction of sp³-hybridized carbons (Fsp3) is 0.277. The number of nitrogens with zero attached hydrogens (tertiary/aromatic N) is 8. The number of carbonyl (C=O) groups is 2. The van der Waals surface area contributed by atoms with Crippen LogP contribution in [0.4, 0.5) is 0 Å². The van der Waals surface area contributed by atoms with Crippen molar-refractivity contribution in [1.82, 2.24) is 39.9 Å². The first kappa shape index (κ1) is 40.3. The number of benzene rings is 4. The molecule has 0 spiro atoms. The summed E-state index contributed by atoms with van der Waals surface area (Å²) in [5.41, 5.74) is 5.72. The summed E-state index contributed by atoms with van der Waals surface area (Å²) in [6.45, 7) is 5.38. The van der Waals surface area contributed by atoms with E-state index in [0.29, 0.717) is 86.9 Å². The van der Waals surface area contributed by atoms with Crippen LogP contribution in [0.15, 0.2) is 91.0 Å². The highest BCUT2D eigenvalue weighted by Crippen LogP contribution is 2.37. The van der Waals surface area contributed by atoms with Gasteiger partial charge in [-0.3, -0.25) is 0 Å². The average Bonchev–Trinajstić information content (AvgIpc) is 3.96. The van der Waals surface area contributed by atoms with Crippen molar-refractivity contribution in [3.63, 3.8) is 0 Å². The maximum absolute atomic E-state index is 12.7. The minimum atomic E-state index is -0.435. The van der Waals surface area contributed by atoms with E-state index in [-0.39, 0.29) is 25.0 Å². The van der Waals surface area contributed by atoms with Gasteiger partial charge in [0.15, 0.2) is 42.5 Å². The molecule has 2 aliphatic rings. The summed E-state index contributed by atoms with van der Waals surface area (Å²) in [6.07, 6.45) is -0.435. The van der Waals surface area contributed by atoms with Gasteiger partial charge in [-0.15, -0.1) is 0 Å². The van der Waals surface area contributed by atoms with Gasteiger partial charge in [0.25, 0.3) is 0 Å². The van der Waals surface area contributed by atoms with Crippen molar-refractivity contribution in [1.29, 1.82) is 0 Å². The van der Waals surface area contributed by atoms with Crippen LogP contribution in [0.25, 0.3) is 89.7 Å². The molecule has 0 saturated heterocycles. The SMILES string of the molecule is CCOC(=O)C[N+](C)(C)CC(C[N+](C)(C)CC(=O)OCC)Oc1ccc2c3nc4nc(nc5[nH]c(nc6nc(nc([nH]3)c2c1)-c1ccccc1-6)c1ccccc51)-c1ccccc1-4. The van der Waals surface area contributed by atoms with Crippen LogP contribution in [0.5, 0.6) is 5.75 Å². The van der Waals surface area contributed by atoms with E-state index in [9.17, 15) is 9.59 Å². The third-order valence-corrected chi connectivity index (χ3v) is 10.9. The molecule has 0 amide bonds. The lowest BCUT2D eigenvalue weighted by molar-refractivity contribution is -0.907. The fourth-order valence-electron chi connectivity index (χ4n) is 8.36. The van der Waals surface area contributed by atoms with E-state index in [0.717, 1.165) is 43.8 Å². The van der Waals surface area contributed by atoms with Gasteiger partial charge in [-0.2, -0.15) is 0 Å². The van der Waals surface area contributed by atoms with Gasteiger partial charge < -0.3 is 33.1 Å². The fourth-order valence-corrected chi connectivity index (χ4v) is 8.36. The summed E-state index contributed by atoms with van der Waals surface area (Å²) < 4.78 is 18.1. The molecule has 4 aromatic carbocycles. The predicted octanol–water partition coefficient (Wildman–Crippen LogP) is 6.90. The molecule has 9 rings (SSSR count). The molecular weight excluding hydrogens is 785 g/mol. The van der Waals surface area contributed by atoms with E-state index in [4.69, 9.17) is 44.1 Å². The number of quaternary nitrogens is 2. The van der Waals surface area contributed by atoms with Crippen molar-refractivity contribution in [2.45, 2.75) is 20.0 Å². The van der Waals surface area contributed by atoms with Gasteiger partial charge in [0.05, 0.1) is 41.4 Å². The van der Waals surface area contributed by atoms with Crippen molar-refractivity contribution in [2.24, 2.45) is 0 Å². The molecule has 5 heterocycles. The van der Waals surface area contributed by atoms with Gasteiger partial charge in [-0.05, 0) is 32.0 Å². The van der Waals surface area contributed by atoms with Gasteiger partial charge >= 0.3 is 11.9 Å². The number of hydrogen-bond donors (Lipinski definition) is 2. The molecule has 0 aliphatic carbocycles. The Morgan fingerprint density at radius 2 is 0.887 bits per heavy atom. The number of carbonyl (C=O) groups excluding carboxylic acids is 2. The third kappa shape index (κ3) is 8.07. The zero-order valence-corrected chi connectivity index (χ0v) is 35.6. The standard InChI is InChI=1S/C47H48N10O5/c1-7-60-38(58)26-56(3,4)24-29(25-57(5,6)27-39(59)61-8-2)62-28-21-22-36-37(23-28)47-54-45-35-20-14-13-19-34(35)43(52-45)50-41-31-16-10-9-15-30(31)40(48-41)49-42-32-17-11-12-18-33(32)44(51-42)53-46(36)55-47/h9-23,29H,7-8,24-27H2,1-6H3,(H2,48,49,50,51,52,53,54,55)/q+2. The Bertz CT molecular complexity index is 3030. The van der Waals surface area contributed by atoms with Crippen molar-refractivity contribution < 1.29 is 32.8 Å². The number of hydrogen-bond acceptors (Lipinski definition) is 11. The zero-order valence-electron chi connectivity index (χ0n) is 35.6. The summed E-state index contributed by atoms with van der Waals surface area (Å²) in [5, 5.41) is 3.35. The number of nitrogens with one attached hydrogen (secondary N) is 2. The molecule has 0 atom stereocenters. The van der Waals surface area contributed by atoms with E-state index in [1.165, 1.54) is 0 Å². The van der Waals surface area contributed by atoms with Crippen LogP contribution in [-0.2, 0) is 19.1 Å². The number of fused-ring (bicyclic) bond motifs is 20. The van der Waals surface area contributed by atoms with Crippen LogP contribution in [0.1, 0.15) is 13.8 Å². The molecule has 0 fully saturated rings. The molecule has 15 heteroatoms. The first-order valence-electron chi connectivity index (χ1n) is 20.7.